The molecule has 11 heterocycles. The van der Waals surface area contributed by atoms with Gasteiger partial charge in [0.1, 0.15) is 46.8 Å². The van der Waals surface area contributed by atoms with Crippen LogP contribution in [0.4, 0.5) is 32.3 Å². The third-order valence-corrected chi connectivity index (χ3v) is 23.2. The van der Waals surface area contributed by atoms with E-state index in [-0.39, 0.29) is 80.8 Å². The molecule has 6 aromatic carbocycles. The van der Waals surface area contributed by atoms with E-state index in [0.717, 1.165) is 161 Å². The van der Waals surface area contributed by atoms with Crippen molar-refractivity contribution >= 4 is 87.1 Å². The summed E-state index contributed by atoms with van der Waals surface area (Å²) in [7, 11) is 0. The fraction of sp³-hybridized carbons (Fsp3) is 0.456. The fourth-order valence-electron chi connectivity index (χ4n) is 17.2. The van der Waals surface area contributed by atoms with E-state index in [4.69, 9.17) is 15.2 Å². The number of aliphatic carboxylic acids is 1. The first-order chi connectivity index (χ1) is 55.2. The minimum Gasteiger partial charge on any atom is -0.480 e. The van der Waals surface area contributed by atoms with Crippen LogP contribution in [0.1, 0.15) is 126 Å². The number of rotatable bonds is 15. The van der Waals surface area contributed by atoms with Crippen molar-refractivity contribution in [1.82, 2.24) is 63.5 Å². The van der Waals surface area contributed by atoms with Crippen LogP contribution in [-0.2, 0) is 82.4 Å². The molecule has 0 saturated carbocycles. The highest BCUT2D eigenvalue weighted by molar-refractivity contribution is 6.06. The second kappa shape index (κ2) is 38.2. The van der Waals surface area contributed by atoms with Gasteiger partial charge >= 0.3 is 30.2 Å². The highest BCUT2D eigenvalue weighted by Crippen LogP contribution is 2.40. The molecule has 5 fully saturated rings. The Balaban J connectivity index is 0.000000161. The van der Waals surface area contributed by atoms with Crippen LogP contribution in [0.2, 0.25) is 0 Å². The molecule has 5 N–H and O–H groups in total. The maximum Gasteiger partial charge on any atom is 0.410 e. The molecule has 3 aromatic heterocycles. The second-order valence-corrected chi connectivity index (χ2v) is 33.1. The molecule has 632 valence electrons. The van der Waals surface area contributed by atoms with Crippen LogP contribution < -0.4 is 16.4 Å². The van der Waals surface area contributed by atoms with Gasteiger partial charge in [-0.1, -0.05) is 106 Å². The van der Waals surface area contributed by atoms with Crippen molar-refractivity contribution in [2.24, 2.45) is 11.7 Å². The van der Waals surface area contributed by atoms with Crippen LogP contribution in [0.5, 0.6) is 0 Å². The van der Waals surface area contributed by atoms with Gasteiger partial charge in [-0.2, -0.15) is 0 Å². The van der Waals surface area contributed by atoms with Gasteiger partial charge in [0.2, 0.25) is 0 Å². The van der Waals surface area contributed by atoms with Crippen molar-refractivity contribution in [1.29, 1.82) is 0 Å². The molecule has 0 radical (unpaired) electrons. The molecule has 0 aliphatic carbocycles. The van der Waals surface area contributed by atoms with Gasteiger partial charge in [0.15, 0.2) is 0 Å². The largest absolute Gasteiger partial charge is 0.480 e. The molecular formula is C90H114ClF3N14O10. The Bertz CT molecular complexity index is 5040. The molecule has 17 rings (SSSR count). The summed E-state index contributed by atoms with van der Waals surface area (Å²) in [6.45, 7) is 25.7. The SMILES string of the molecule is C.C.CC(C)(C)OC(=O)N1CCC(CCN2C(=O)C3Cc4c(n(Cc5ccc(F)cc5)c5ccccc45)CN3C2=O)CC1.CC(C)(C)OC(=O)N1CCN(CCN)CC1.Cl.O=C(O)[C@@H]1Cc2c(n(Cc3ccc(F)cc3)c3ccccc23)CN1.O=C1C2Cc3c(n(Cc4ccc(F)cc4)c4ccccc34)CN2C(=O)N1CCN1CCNCC1. The van der Waals surface area contributed by atoms with Crippen molar-refractivity contribution in [3.63, 3.8) is 0 Å². The number of urea groups is 2. The lowest BCUT2D eigenvalue weighted by atomic mass is 9.93. The molecule has 8 amide bonds. The zero-order valence-corrected chi connectivity index (χ0v) is 67.7. The van der Waals surface area contributed by atoms with Gasteiger partial charge in [0, 0.05) is 193 Å². The Kier molecular flexibility index (Phi) is 28.6. The van der Waals surface area contributed by atoms with Crippen molar-refractivity contribution in [2.75, 3.05) is 98.2 Å². The number of carbonyl (C=O) groups excluding carboxylic acids is 6. The molecule has 28 heteroatoms. The average molecular weight is 1640 g/mol. The predicted molar refractivity (Wildman–Crippen MR) is 453 cm³/mol. The molecule has 8 aliphatic rings. The molecule has 118 heavy (non-hydrogen) atoms. The highest BCUT2D eigenvalue weighted by atomic mass is 35.5. The molecule has 24 nitrogen and oxygen atoms in total. The van der Waals surface area contributed by atoms with Gasteiger partial charge in [-0.05, 0) is 155 Å². The number of ether oxygens (including phenoxy) is 2. The lowest BCUT2D eigenvalue weighted by Gasteiger charge is -2.35. The van der Waals surface area contributed by atoms with E-state index in [1.165, 1.54) is 46.2 Å². The lowest BCUT2D eigenvalue weighted by Crippen LogP contribution is -2.50. The number of nitrogens with zero attached hydrogens (tertiary/aromatic N) is 11. The maximum absolute atomic E-state index is 13.5. The average Bonchev–Trinajstić information content (AvgIpc) is 1.58. The van der Waals surface area contributed by atoms with Crippen LogP contribution >= 0.6 is 12.4 Å². The second-order valence-electron chi connectivity index (χ2n) is 33.1. The number of carbonyl (C=O) groups is 7. The van der Waals surface area contributed by atoms with Gasteiger partial charge < -0.3 is 58.9 Å². The summed E-state index contributed by atoms with van der Waals surface area (Å²) < 4.78 is 57.5. The van der Waals surface area contributed by atoms with Gasteiger partial charge in [-0.15, -0.1) is 12.4 Å². The summed E-state index contributed by atoms with van der Waals surface area (Å²) >= 11 is 0. The van der Waals surface area contributed by atoms with E-state index in [1.54, 1.807) is 56.0 Å². The number of piperidine rings is 1. The van der Waals surface area contributed by atoms with E-state index < -0.39 is 35.3 Å². The summed E-state index contributed by atoms with van der Waals surface area (Å²) in [6.07, 6.45) is 3.38. The van der Waals surface area contributed by atoms with Crippen molar-refractivity contribution in [3.8, 4) is 0 Å². The predicted octanol–water partition coefficient (Wildman–Crippen LogP) is 13.1. The first kappa shape index (κ1) is 88.5. The summed E-state index contributed by atoms with van der Waals surface area (Å²) in [4.78, 5) is 104. The van der Waals surface area contributed by atoms with Crippen LogP contribution in [0.15, 0.2) is 146 Å². The Morgan fingerprint density at radius 1 is 0.483 bits per heavy atom. The summed E-state index contributed by atoms with van der Waals surface area (Å²) in [5, 5.41) is 19.0. The Morgan fingerprint density at radius 2 is 0.864 bits per heavy atom. The lowest BCUT2D eigenvalue weighted by molar-refractivity contribution is -0.139. The van der Waals surface area contributed by atoms with Crippen LogP contribution in [0.25, 0.3) is 32.7 Å². The Morgan fingerprint density at radius 3 is 1.27 bits per heavy atom. The molecule has 8 aliphatic heterocycles. The molecule has 2 unspecified atom stereocenters. The van der Waals surface area contributed by atoms with Crippen molar-refractivity contribution < 1.29 is 61.3 Å². The first-order valence-electron chi connectivity index (χ1n) is 40.3. The zero-order chi connectivity index (χ0) is 81.0. The molecule has 0 spiro atoms. The number of nitrogens with two attached hydrogens (primary N) is 1. The molecular weight excluding hydrogens is 1530 g/mol. The Labute approximate surface area is 695 Å². The normalized spacial score (nSPS) is 18.8. The number of halogens is 4. The monoisotopic (exact) mass is 1640 g/mol. The molecule has 3 atom stereocenters. The van der Waals surface area contributed by atoms with Gasteiger partial charge in [0.05, 0.1) is 13.1 Å². The number of hydrogen-bond donors (Lipinski definition) is 4. The van der Waals surface area contributed by atoms with Crippen LogP contribution in [-0.4, -0.2) is 228 Å². The number of imide groups is 2. The van der Waals surface area contributed by atoms with E-state index >= 15 is 0 Å². The number of piperazine rings is 2. The molecule has 0 bridgehead atoms. The quantitative estimate of drug-likeness (QED) is 0.0697. The van der Waals surface area contributed by atoms with E-state index in [0.29, 0.717) is 104 Å². The minimum absolute atomic E-state index is 0. The first-order valence-corrected chi connectivity index (χ1v) is 40.3. The zero-order valence-electron chi connectivity index (χ0n) is 66.9. The molecule has 5 saturated heterocycles. The smallest absolute Gasteiger partial charge is 0.410 e. The number of benzene rings is 6. The Hall–Kier alpha value is -10.3. The number of amides is 8. The number of likely N-dealkylation sites (tertiary alicyclic amines) is 1. The molecule has 9 aromatic rings. The summed E-state index contributed by atoms with van der Waals surface area (Å²) in [6, 6.07) is 42.0. The van der Waals surface area contributed by atoms with Crippen molar-refractivity contribution in [3.05, 3.63) is 214 Å². The number of carboxylic acid groups (broad SMARTS) is 1. The van der Waals surface area contributed by atoms with Crippen LogP contribution in [0, 0.1) is 23.4 Å². The van der Waals surface area contributed by atoms with Gasteiger partial charge in [0.25, 0.3) is 11.8 Å². The third kappa shape index (κ3) is 20.0. The topological polar surface area (TPSA) is 249 Å². The number of para-hydroxylation sites is 3. The van der Waals surface area contributed by atoms with Gasteiger partial charge in [-0.25, -0.2) is 32.3 Å². The van der Waals surface area contributed by atoms with Crippen molar-refractivity contribution in [2.45, 2.75) is 164 Å². The number of carboxylic acids is 1. The number of hydrogen-bond acceptors (Lipinski definition) is 14. The standard InChI is InChI=1S/C32H37FN4O4.C26H28FN5O2.C19H17FN2O2.C11H23N3O2.2CH4.ClH/c1-32(2,3)41-31(40)34-15-12-21(13-16-34)14-17-35-29(38)27-18-25-24-6-4-5-7-26(24)36(28(25)20-37(27)30(35)39)19-22-8-10-23(33)11-9-22;27-19-7-5-18(6-8-19)16-31-22-4-2-1-3-20(22)21-15-23-25(33)30(26(34)32(23)17-24(21)31)14-13-29-11-9-28-10-12-29;20-13-7-5-12(6-8-13)11-22-17-4-2-1-3-14(17)15-9-16(19(23)24)21-10-18(15)22;1-11(2,3)16-10(15)14-8-6-13(5-4-12)7-9-14;;;/h4-11,21,27H,12-20H2,1-3H3;1-8,23,28H,9-17H2;1-8,16,21H,9-11H2,(H,23,24);4-9,12H2,1-3H3;2*1H4;1H/t;;16-;;;;/m..0..../s1. The minimum atomic E-state index is -0.823. The number of fused-ring (bicyclic) bond motifs is 11. The third-order valence-electron chi connectivity index (χ3n) is 23.2. The van der Waals surface area contributed by atoms with E-state index in [9.17, 15) is 51.8 Å². The number of aromatic nitrogens is 3. The highest BCUT2D eigenvalue weighted by Gasteiger charge is 2.50. The number of nitrogens with one attached hydrogen (secondary N) is 2. The fourth-order valence-corrected chi connectivity index (χ4v) is 17.2. The summed E-state index contributed by atoms with van der Waals surface area (Å²) in [5.74, 6) is -1.46. The summed E-state index contributed by atoms with van der Waals surface area (Å²) in [5.41, 5.74) is 17.3. The van der Waals surface area contributed by atoms with E-state index in [1.807, 2.05) is 90.1 Å². The van der Waals surface area contributed by atoms with E-state index in [2.05, 4.69) is 58.4 Å². The van der Waals surface area contributed by atoms with Gasteiger partial charge in [-0.3, -0.25) is 39.3 Å². The maximum atomic E-state index is 13.5. The van der Waals surface area contributed by atoms with Crippen LogP contribution in [0.3, 0.4) is 0 Å².